The molecule has 0 saturated heterocycles. The number of benzene rings is 3. The topological polar surface area (TPSA) is 123 Å². The van der Waals surface area contributed by atoms with Crippen molar-refractivity contribution in [2.24, 2.45) is 0 Å². The number of aromatic hydroxyl groups is 2. The number of hydrogen-bond acceptors (Lipinski definition) is 8. The minimum atomic E-state index is -1.15. The van der Waals surface area contributed by atoms with E-state index < -0.39 is 18.2 Å². The molecular formula is C30H34O8. The molecule has 3 atom stereocenters. The van der Waals surface area contributed by atoms with Gasteiger partial charge in [0.25, 0.3) is 0 Å². The minimum Gasteiger partial charge on any atom is -0.504 e. The Morgan fingerprint density at radius 1 is 0.789 bits per heavy atom. The van der Waals surface area contributed by atoms with E-state index >= 15 is 0 Å². The van der Waals surface area contributed by atoms with Gasteiger partial charge in [0.15, 0.2) is 23.0 Å². The van der Waals surface area contributed by atoms with Crippen LogP contribution in [0.5, 0.6) is 23.0 Å². The van der Waals surface area contributed by atoms with Crippen LogP contribution in [-0.4, -0.2) is 53.5 Å². The van der Waals surface area contributed by atoms with Crippen LogP contribution >= 0.6 is 0 Å². The van der Waals surface area contributed by atoms with E-state index in [4.69, 9.17) is 14.2 Å². The maximum absolute atomic E-state index is 13.3. The predicted octanol–water partition coefficient (Wildman–Crippen LogP) is 4.33. The zero-order valence-electron chi connectivity index (χ0n) is 21.8. The van der Waals surface area contributed by atoms with Gasteiger partial charge in [0.2, 0.25) is 0 Å². The summed E-state index contributed by atoms with van der Waals surface area (Å²) >= 11 is 0. The third-order valence-electron chi connectivity index (χ3n) is 6.34. The molecule has 3 N–H and O–H groups in total. The van der Waals surface area contributed by atoms with Gasteiger partial charge < -0.3 is 29.5 Å². The molecule has 0 aliphatic carbocycles. The monoisotopic (exact) mass is 522 g/mol. The van der Waals surface area contributed by atoms with Gasteiger partial charge in [-0.15, -0.1) is 0 Å². The summed E-state index contributed by atoms with van der Waals surface area (Å²) in [5.74, 6) is -0.497. The van der Waals surface area contributed by atoms with Crippen molar-refractivity contribution in [3.8, 4) is 23.0 Å². The predicted molar refractivity (Wildman–Crippen MR) is 142 cm³/mol. The fourth-order valence-electron chi connectivity index (χ4n) is 4.43. The molecule has 3 aromatic rings. The van der Waals surface area contributed by atoms with Crippen molar-refractivity contribution in [2.45, 2.75) is 50.7 Å². The van der Waals surface area contributed by atoms with Gasteiger partial charge in [-0.2, -0.15) is 0 Å². The van der Waals surface area contributed by atoms with E-state index in [1.54, 1.807) is 24.3 Å². The number of phenols is 2. The minimum absolute atomic E-state index is 0.00458. The van der Waals surface area contributed by atoms with E-state index in [0.717, 1.165) is 11.1 Å². The highest BCUT2D eigenvalue weighted by atomic mass is 16.6. The van der Waals surface area contributed by atoms with E-state index in [2.05, 4.69) is 0 Å². The van der Waals surface area contributed by atoms with E-state index in [0.29, 0.717) is 17.7 Å². The summed E-state index contributed by atoms with van der Waals surface area (Å²) in [5.41, 5.74) is 2.50. The highest BCUT2D eigenvalue weighted by Crippen LogP contribution is 2.33. The maximum atomic E-state index is 13.3. The van der Waals surface area contributed by atoms with Crippen LogP contribution in [0, 0.1) is 0 Å². The normalized spacial score (nSPS) is 13.3. The molecule has 8 nitrogen and oxygen atoms in total. The molecule has 0 radical (unpaired) electrons. The Morgan fingerprint density at radius 3 is 2.05 bits per heavy atom. The Hall–Kier alpha value is -4.04. The smallest absolute Gasteiger partial charge is 0.303 e. The van der Waals surface area contributed by atoms with Crippen molar-refractivity contribution in [3.63, 3.8) is 0 Å². The maximum Gasteiger partial charge on any atom is 0.303 e. The van der Waals surface area contributed by atoms with E-state index in [1.165, 1.54) is 33.3 Å². The standard InChI is InChI=1S/C30H34O8/c1-19(31)38-30(27(35)14-21-9-11-25(33)28(15-21)36-2)18-24(32)16-23(13-20-7-5-4-6-8-20)22-10-12-26(34)29(17-22)37-3/h4-12,15,17,23,27,30,33-35H,13-14,16,18H2,1-3H3. The lowest BCUT2D eigenvalue weighted by Crippen LogP contribution is -2.34. The van der Waals surface area contributed by atoms with Gasteiger partial charge in [0, 0.05) is 26.2 Å². The molecule has 3 unspecified atom stereocenters. The average Bonchev–Trinajstić information content (AvgIpc) is 2.89. The molecule has 8 heteroatoms. The van der Waals surface area contributed by atoms with Crippen LogP contribution in [0.4, 0.5) is 0 Å². The first-order valence-electron chi connectivity index (χ1n) is 12.3. The quantitative estimate of drug-likeness (QED) is 0.284. The number of carbonyl (C=O) groups excluding carboxylic acids is 2. The number of ether oxygens (including phenoxy) is 3. The summed E-state index contributed by atoms with van der Waals surface area (Å²) in [7, 11) is 2.89. The summed E-state index contributed by atoms with van der Waals surface area (Å²) in [5, 5.41) is 30.8. The zero-order valence-corrected chi connectivity index (χ0v) is 21.8. The number of rotatable bonds is 13. The molecule has 0 fully saturated rings. The first-order chi connectivity index (χ1) is 18.2. The number of aliphatic hydroxyl groups is 1. The summed E-state index contributed by atoms with van der Waals surface area (Å²) in [6.45, 7) is 1.23. The van der Waals surface area contributed by atoms with Gasteiger partial charge in [0.05, 0.1) is 20.3 Å². The second-order valence-electron chi connectivity index (χ2n) is 9.19. The molecule has 0 spiro atoms. The number of ketones is 1. The molecule has 0 saturated carbocycles. The summed E-state index contributed by atoms with van der Waals surface area (Å²) in [6.07, 6.45) is -1.60. The fourth-order valence-corrected chi connectivity index (χ4v) is 4.43. The highest BCUT2D eigenvalue weighted by Gasteiger charge is 2.28. The number of phenolic OH excluding ortho intramolecular Hbond substituents is 2. The molecule has 0 aromatic heterocycles. The van der Waals surface area contributed by atoms with Crippen LogP contribution in [-0.2, 0) is 27.2 Å². The van der Waals surface area contributed by atoms with Gasteiger partial charge in [-0.3, -0.25) is 9.59 Å². The van der Waals surface area contributed by atoms with Crippen molar-refractivity contribution in [1.29, 1.82) is 0 Å². The highest BCUT2D eigenvalue weighted by molar-refractivity contribution is 5.80. The Bertz CT molecular complexity index is 1220. The first-order valence-corrected chi connectivity index (χ1v) is 12.3. The average molecular weight is 523 g/mol. The van der Waals surface area contributed by atoms with Gasteiger partial charge in [-0.25, -0.2) is 0 Å². The number of hydrogen-bond donors (Lipinski definition) is 3. The molecular weight excluding hydrogens is 488 g/mol. The lowest BCUT2D eigenvalue weighted by atomic mass is 9.86. The molecule has 0 aliphatic heterocycles. The SMILES string of the molecule is COc1cc(CC(O)C(CC(=O)CC(Cc2ccccc2)c2ccc(O)c(OC)c2)OC(C)=O)ccc1O. The first kappa shape index (κ1) is 28.5. The largest absolute Gasteiger partial charge is 0.504 e. The Kier molecular flexibility index (Phi) is 10.1. The van der Waals surface area contributed by atoms with Crippen LogP contribution in [0.1, 0.15) is 42.4 Å². The zero-order chi connectivity index (χ0) is 27.7. The van der Waals surface area contributed by atoms with Gasteiger partial charge in [-0.05, 0) is 53.3 Å². The Morgan fingerprint density at radius 2 is 1.42 bits per heavy atom. The van der Waals surface area contributed by atoms with Crippen LogP contribution in [0.25, 0.3) is 0 Å². The lowest BCUT2D eigenvalue weighted by Gasteiger charge is -2.24. The summed E-state index contributed by atoms with van der Waals surface area (Å²) < 4.78 is 15.7. The van der Waals surface area contributed by atoms with Crippen molar-refractivity contribution < 1.29 is 39.1 Å². The Labute approximate surface area is 222 Å². The Balaban J connectivity index is 1.79. The molecule has 0 heterocycles. The third kappa shape index (κ3) is 7.98. The lowest BCUT2D eigenvalue weighted by molar-refractivity contribution is -0.154. The van der Waals surface area contributed by atoms with Crippen molar-refractivity contribution in [3.05, 3.63) is 83.4 Å². The fraction of sp³-hybridized carbons (Fsp3) is 0.333. The van der Waals surface area contributed by atoms with E-state index in [-0.39, 0.29) is 48.2 Å². The molecule has 202 valence electrons. The van der Waals surface area contributed by atoms with E-state index in [1.807, 2.05) is 30.3 Å². The molecule has 0 bridgehead atoms. The molecule has 3 rings (SSSR count). The van der Waals surface area contributed by atoms with Crippen LogP contribution in [0.2, 0.25) is 0 Å². The molecule has 0 aliphatic rings. The van der Waals surface area contributed by atoms with Crippen molar-refractivity contribution >= 4 is 11.8 Å². The van der Waals surface area contributed by atoms with Gasteiger partial charge in [-0.1, -0.05) is 42.5 Å². The second-order valence-corrected chi connectivity index (χ2v) is 9.19. The van der Waals surface area contributed by atoms with Crippen molar-refractivity contribution in [2.75, 3.05) is 14.2 Å². The number of aliphatic hydroxyl groups excluding tert-OH is 1. The summed E-state index contributed by atoms with van der Waals surface area (Å²) in [6, 6.07) is 19.4. The van der Waals surface area contributed by atoms with E-state index in [9.17, 15) is 24.9 Å². The van der Waals surface area contributed by atoms with Crippen LogP contribution in [0.3, 0.4) is 0 Å². The van der Waals surface area contributed by atoms with Crippen LogP contribution < -0.4 is 9.47 Å². The molecule has 38 heavy (non-hydrogen) atoms. The summed E-state index contributed by atoms with van der Waals surface area (Å²) in [4.78, 5) is 25.1. The van der Waals surface area contributed by atoms with Gasteiger partial charge >= 0.3 is 5.97 Å². The number of methoxy groups -OCH3 is 2. The number of Topliss-reactive ketones (excluding diaryl/α,β-unsaturated/α-hetero) is 1. The second kappa shape index (κ2) is 13.5. The van der Waals surface area contributed by atoms with Crippen molar-refractivity contribution in [1.82, 2.24) is 0 Å². The van der Waals surface area contributed by atoms with Gasteiger partial charge in [0.1, 0.15) is 11.9 Å². The third-order valence-corrected chi connectivity index (χ3v) is 6.34. The number of carbonyl (C=O) groups is 2. The number of esters is 1. The molecule has 0 amide bonds. The molecule has 3 aromatic carbocycles. The van der Waals surface area contributed by atoms with Crippen LogP contribution in [0.15, 0.2) is 66.7 Å².